The maximum Gasteiger partial charge on any atom is 0.327 e. The summed E-state index contributed by atoms with van der Waals surface area (Å²) in [5.41, 5.74) is 3.02. The second kappa shape index (κ2) is 6.09. The molecule has 0 aliphatic carbocycles. The van der Waals surface area contributed by atoms with Crippen molar-refractivity contribution < 1.29 is 19.5 Å². The summed E-state index contributed by atoms with van der Waals surface area (Å²) in [5, 5.41) is 13.1. The van der Waals surface area contributed by atoms with Crippen molar-refractivity contribution in [2.75, 3.05) is 19.2 Å². The van der Waals surface area contributed by atoms with Crippen molar-refractivity contribution in [3.63, 3.8) is 0 Å². The van der Waals surface area contributed by atoms with Crippen molar-refractivity contribution >= 4 is 11.8 Å². The van der Waals surface area contributed by atoms with Gasteiger partial charge in [-0.1, -0.05) is 0 Å². The fourth-order valence-corrected chi connectivity index (χ4v) is 1.20. The molecule has 0 aliphatic rings. The van der Waals surface area contributed by atoms with Crippen molar-refractivity contribution in [1.29, 1.82) is 0 Å². The standard InChI is InChI=1S/C9H15N3O4/c1-3-16-9(14)5-12-7(6-13)4-8(10-12)11-15-2/h4,13H,3,5-6H2,1-2H3,(H,10,11). The number of anilines is 1. The van der Waals surface area contributed by atoms with Crippen LogP contribution in [0.15, 0.2) is 6.07 Å². The van der Waals surface area contributed by atoms with E-state index in [1.807, 2.05) is 0 Å². The van der Waals surface area contributed by atoms with Crippen LogP contribution in [0.3, 0.4) is 0 Å². The molecule has 16 heavy (non-hydrogen) atoms. The number of aromatic nitrogens is 2. The van der Waals surface area contributed by atoms with E-state index in [2.05, 4.69) is 15.4 Å². The quantitative estimate of drug-likeness (QED) is 0.524. The third-order valence-corrected chi connectivity index (χ3v) is 1.82. The molecule has 0 bridgehead atoms. The van der Waals surface area contributed by atoms with Crippen LogP contribution >= 0.6 is 0 Å². The Bertz CT molecular complexity index is 351. The lowest BCUT2D eigenvalue weighted by atomic mass is 10.4. The van der Waals surface area contributed by atoms with Crippen LogP contribution in [0.4, 0.5) is 5.82 Å². The van der Waals surface area contributed by atoms with Gasteiger partial charge in [-0.2, -0.15) is 5.10 Å². The van der Waals surface area contributed by atoms with Crippen molar-refractivity contribution in [3.8, 4) is 0 Å². The third kappa shape index (κ3) is 3.21. The minimum Gasteiger partial charge on any atom is -0.465 e. The number of hydrogen-bond acceptors (Lipinski definition) is 6. The van der Waals surface area contributed by atoms with E-state index in [1.54, 1.807) is 13.0 Å². The normalized spacial score (nSPS) is 10.2. The SMILES string of the molecule is CCOC(=O)Cn1nc(NOC)cc1CO. The summed E-state index contributed by atoms with van der Waals surface area (Å²) >= 11 is 0. The molecule has 1 aromatic heterocycles. The van der Waals surface area contributed by atoms with Gasteiger partial charge in [0.25, 0.3) is 0 Å². The van der Waals surface area contributed by atoms with Gasteiger partial charge in [0.2, 0.25) is 0 Å². The summed E-state index contributed by atoms with van der Waals surface area (Å²) in [7, 11) is 1.45. The molecule has 0 saturated carbocycles. The number of rotatable bonds is 6. The van der Waals surface area contributed by atoms with E-state index in [-0.39, 0.29) is 13.2 Å². The van der Waals surface area contributed by atoms with Crippen molar-refractivity contribution in [1.82, 2.24) is 9.78 Å². The van der Waals surface area contributed by atoms with Crippen LogP contribution in [-0.4, -0.2) is 34.6 Å². The predicted octanol–water partition coefficient (Wildman–Crippen LogP) is -0.0882. The fraction of sp³-hybridized carbons (Fsp3) is 0.556. The molecule has 7 heteroatoms. The Kier molecular flexibility index (Phi) is 4.74. The fourth-order valence-electron chi connectivity index (χ4n) is 1.20. The molecule has 90 valence electrons. The van der Waals surface area contributed by atoms with Gasteiger partial charge in [0.05, 0.1) is 26.0 Å². The minimum absolute atomic E-state index is 0.0326. The molecule has 0 radical (unpaired) electrons. The lowest BCUT2D eigenvalue weighted by Gasteiger charge is -2.04. The summed E-state index contributed by atoms with van der Waals surface area (Å²) in [6, 6.07) is 1.59. The molecule has 0 aliphatic heterocycles. The molecule has 0 amide bonds. The van der Waals surface area contributed by atoms with Crippen LogP contribution in [0.2, 0.25) is 0 Å². The van der Waals surface area contributed by atoms with E-state index in [4.69, 9.17) is 9.84 Å². The van der Waals surface area contributed by atoms with E-state index >= 15 is 0 Å². The second-order valence-corrected chi connectivity index (χ2v) is 2.95. The zero-order valence-corrected chi connectivity index (χ0v) is 9.27. The van der Waals surface area contributed by atoms with Crippen LogP contribution < -0.4 is 5.48 Å². The second-order valence-electron chi connectivity index (χ2n) is 2.95. The monoisotopic (exact) mass is 229 g/mol. The molecule has 0 aromatic carbocycles. The zero-order valence-electron chi connectivity index (χ0n) is 9.27. The van der Waals surface area contributed by atoms with Crippen LogP contribution in [0.25, 0.3) is 0 Å². The Balaban J connectivity index is 2.73. The van der Waals surface area contributed by atoms with Crippen LogP contribution in [-0.2, 0) is 27.5 Å². The van der Waals surface area contributed by atoms with Gasteiger partial charge in [-0.3, -0.25) is 14.3 Å². The Morgan fingerprint density at radius 3 is 3.00 bits per heavy atom. The number of nitrogens with zero attached hydrogens (tertiary/aromatic N) is 2. The maximum absolute atomic E-state index is 11.2. The van der Waals surface area contributed by atoms with Gasteiger partial charge in [-0.15, -0.1) is 0 Å². The van der Waals surface area contributed by atoms with Crippen LogP contribution in [0.1, 0.15) is 12.6 Å². The average molecular weight is 229 g/mol. The van der Waals surface area contributed by atoms with Crippen molar-refractivity contribution in [2.24, 2.45) is 0 Å². The maximum atomic E-state index is 11.2. The summed E-state index contributed by atoms with van der Waals surface area (Å²) in [5.74, 6) is 0.0279. The first kappa shape index (κ1) is 12.5. The van der Waals surface area contributed by atoms with Crippen LogP contribution in [0.5, 0.6) is 0 Å². The zero-order chi connectivity index (χ0) is 12.0. The molecule has 0 saturated heterocycles. The molecule has 7 nitrogen and oxygen atoms in total. The summed E-state index contributed by atoms with van der Waals surface area (Å²) in [4.78, 5) is 15.9. The highest BCUT2D eigenvalue weighted by molar-refractivity contribution is 5.69. The van der Waals surface area contributed by atoms with Crippen molar-refractivity contribution in [3.05, 3.63) is 11.8 Å². The highest BCUT2D eigenvalue weighted by atomic mass is 16.6. The predicted molar refractivity (Wildman–Crippen MR) is 55.4 cm³/mol. The van der Waals surface area contributed by atoms with E-state index in [9.17, 15) is 4.79 Å². The Morgan fingerprint density at radius 2 is 2.44 bits per heavy atom. The van der Waals surface area contributed by atoms with E-state index in [0.29, 0.717) is 18.1 Å². The first-order valence-electron chi connectivity index (χ1n) is 4.83. The topological polar surface area (TPSA) is 85.6 Å². The van der Waals surface area contributed by atoms with Gasteiger partial charge in [0.1, 0.15) is 6.54 Å². The molecule has 0 atom stereocenters. The highest BCUT2D eigenvalue weighted by Crippen LogP contribution is 2.09. The molecule has 1 heterocycles. The number of esters is 1. The molecule has 2 N–H and O–H groups in total. The largest absolute Gasteiger partial charge is 0.465 e. The molecule has 1 aromatic rings. The third-order valence-electron chi connectivity index (χ3n) is 1.82. The number of carbonyl (C=O) groups excluding carboxylic acids is 1. The minimum atomic E-state index is -0.399. The molecule has 0 spiro atoms. The van der Waals surface area contributed by atoms with E-state index in [1.165, 1.54) is 11.8 Å². The number of carbonyl (C=O) groups is 1. The van der Waals surface area contributed by atoms with Gasteiger partial charge in [-0.05, 0) is 6.92 Å². The first-order valence-corrected chi connectivity index (χ1v) is 4.83. The lowest BCUT2D eigenvalue weighted by molar-refractivity contribution is -0.144. The molecule has 0 fully saturated rings. The molecule has 1 rings (SSSR count). The van der Waals surface area contributed by atoms with Crippen LogP contribution in [0, 0.1) is 0 Å². The van der Waals surface area contributed by atoms with Gasteiger partial charge in [0.15, 0.2) is 5.82 Å². The van der Waals surface area contributed by atoms with Crippen molar-refractivity contribution in [2.45, 2.75) is 20.1 Å². The lowest BCUT2D eigenvalue weighted by Crippen LogP contribution is -2.16. The number of aliphatic hydroxyl groups is 1. The summed E-state index contributed by atoms with van der Waals surface area (Å²) in [6.07, 6.45) is 0. The number of aliphatic hydroxyl groups excluding tert-OH is 1. The summed E-state index contributed by atoms with van der Waals surface area (Å²) in [6.45, 7) is 1.80. The Morgan fingerprint density at radius 1 is 1.69 bits per heavy atom. The number of hydrogen-bond donors (Lipinski definition) is 2. The molecule has 0 unspecified atom stereocenters. The Labute approximate surface area is 92.9 Å². The van der Waals surface area contributed by atoms with Gasteiger partial charge >= 0.3 is 5.97 Å². The highest BCUT2D eigenvalue weighted by Gasteiger charge is 2.11. The summed E-state index contributed by atoms with van der Waals surface area (Å²) < 4.78 is 6.14. The number of ether oxygens (including phenoxy) is 1. The van der Waals surface area contributed by atoms with E-state index in [0.717, 1.165) is 0 Å². The molecular formula is C9H15N3O4. The van der Waals surface area contributed by atoms with Gasteiger partial charge in [0, 0.05) is 6.07 Å². The van der Waals surface area contributed by atoms with E-state index < -0.39 is 5.97 Å². The average Bonchev–Trinajstić information content (AvgIpc) is 2.61. The molecular weight excluding hydrogens is 214 g/mol. The number of nitrogens with one attached hydrogen (secondary N) is 1. The van der Waals surface area contributed by atoms with Gasteiger partial charge in [-0.25, -0.2) is 5.48 Å². The Hall–Kier alpha value is -1.60. The smallest absolute Gasteiger partial charge is 0.327 e. The first-order chi connectivity index (χ1) is 7.71. The van der Waals surface area contributed by atoms with Gasteiger partial charge < -0.3 is 9.84 Å².